The molecule has 1 aromatic heterocycles. The summed E-state index contributed by atoms with van der Waals surface area (Å²) in [5, 5.41) is 18.6. The van der Waals surface area contributed by atoms with Crippen LogP contribution in [0.4, 0.5) is 0 Å². The van der Waals surface area contributed by atoms with Crippen molar-refractivity contribution in [3.05, 3.63) is 60.2 Å². The van der Waals surface area contributed by atoms with Crippen LogP contribution in [-0.2, 0) is 5.41 Å². The zero-order valence-electron chi connectivity index (χ0n) is 9.61. The maximum atomic E-state index is 9.55. The highest BCUT2D eigenvalue weighted by Gasteiger charge is 2.36. The first-order valence-electron chi connectivity index (χ1n) is 5.44. The molecule has 0 saturated carbocycles. The summed E-state index contributed by atoms with van der Waals surface area (Å²) in [5.41, 5.74) is 0.208. The minimum absolute atomic E-state index is 0.0478. The van der Waals surface area contributed by atoms with E-state index in [9.17, 15) is 5.26 Å². The lowest BCUT2D eigenvalue weighted by molar-refractivity contribution is 0.647. The molecule has 86 valence electrons. The Labute approximate surface area is 105 Å². The van der Waals surface area contributed by atoms with Gasteiger partial charge in [-0.25, -0.2) is 0 Å². The van der Waals surface area contributed by atoms with Crippen LogP contribution in [0, 0.1) is 22.7 Å². The van der Waals surface area contributed by atoms with E-state index < -0.39 is 5.41 Å². The van der Waals surface area contributed by atoms with Gasteiger partial charge in [-0.1, -0.05) is 30.3 Å². The predicted molar refractivity (Wildman–Crippen MR) is 65.1 cm³/mol. The summed E-state index contributed by atoms with van der Waals surface area (Å²) < 4.78 is 0. The molecule has 0 spiro atoms. The lowest BCUT2D eigenvalue weighted by Crippen LogP contribution is -2.26. The quantitative estimate of drug-likeness (QED) is 0.816. The molecule has 18 heavy (non-hydrogen) atoms. The van der Waals surface area contributed by atoms with Gasteiger partial charge in [0.15, 0.2) is 0 Å². The third-order valence-electron chi connectivity index (χ3n) is 2.80. The molecule has 1 aromatic carbocycles. The topological polar surface area (TPSA) is 73.4 Å². The van der Waals surface area contributed by atoms with Gasteiger partial charge in [0.05, 0.1) is 30.5 Å². The van der Waals surface area contributed by atoms with Gasteiger partial charge in [0.2, 0.25) is 0 Å². The van der Waals surface area contributed by atoms with Crippen molar-refractivity contribution in [3.8, 4) is 12.1 Å². The first-order chi connectivity index (χ1) is 8.83. The summed E-state index contributed by atoms with van der Waals surface area (Å²) in [6.45, 7) is 0. The van der Waals surface area contributed by atoms with Gasteiger partial charge in [0.1, 0.15) is 5.41 Å². The molecule has 0 saturated heterocycles. The molecule has 2 rings (SSSR count). The number of nitriles is 2. The average molecular weight is 234 g/mol. The van der Waals surface area contributed by atoms with Crippen molar-refractivity contribution < 1.29 is 0 Å². The Morgan fingerprint density at radius 3 is 2.44 bits per heavy atom. The summed E-state index contributed by atoms with van der Waals surface area (Å²) >= 11 is 0. The molecule has 1 heterocycles. The van der Waals surface area contributed by atoms with E-state index in [-0.39, 0.29) is 6.42 Å². The fourth-order valence-corrected chi connectivity index (χ4v) is 1.86. The third-order valence-corrected chi connectivity index (χ3v) is 2.80. The lowest BCUT2D eigenvalue weighted by Gasteiger charge is -2.23. The average Bonchev–Trinajstić information content (AvgIpc) is 2.47. The van der Waals surface area contributed by atoms with Crippen LogP contribution in [0.2, 0.25) is 0 Å². The molecule has 0 amide bonds. The van der Waals surface area contributed by atoms with Gasteiger partial charge in [0.25, 0.3) is 0 Å². The van der Waals surface area contributed by atoms with E-state index in [1.807, 2.05) is 30.3 Å². The van der Waals surface area contributed by atoms with Gasteiger partial charge in [-0.05, 0) is 5.56 Å². The SMILES string of the molecule is N#CCC(C#N)(c1ccccc1)c1cnccn1. The van der Waals surface area contributed by atoms with Crippen LogP contribution in [0.3, 0.4) is 0 Å². The molecule has 1 unspecified atom stereocenters. The molecule has 4 heteroatoms. The van der Waals surface area contributed by atoms with Gasteiger partial charge in [-0.15, -0.1) is 0 Å². The van der Waals surface area contributed by atoms with E-state index in [1.54, 1.807) is 6.20 Å². The molecule has 0 N–H and O–H groups in total. The van der Waals surface area contributed by atoms with E-state index >= 15 is 0 Å². The van der Waals surface area contributed by atoms with Crippen LogP contribution in [0.25, 0.3) is 0 Å². The number of hydrogen-bond acceptors (Lipinski definition) is 4. The predicted octanol–water partition coefficient (Wildman–Crippen LogP) is 2.20. The van der Waals surface area contributed by atoms with Crippen molar-refractivity contribution in [2.45, 2.75) is 11.8 Å². The summed E-state index contributed by atoms with van der Waals surface area (Å²) in [5.74, 6) is 0. The van der Waals surface area contributed by atoms with E-state index in [0.29, 0.717) is 5.69 Å². The van der Waals surface area contributed by atoms with Crippen molar-refractivity contribution in [3.63, 3.8) is 0 Å². The van der Waals surface area contributed by atoms with Crippen LogP contribution in [0.1, 0.15) is 17.7 Å². The van der Waals surface area contributed by atoms with Gasteiger partial charge >= 0.3 is 0 Å². The second kappa shape index (κ2) is 5.07. The molecule has 0 aliphatic carbocycles. The largest absolute Gasteiger partial charge is 0.261 e. The zero-order chi connectivity index (χ0) is 12.8. The molecule has 0 radical (unpaired) electrons. The highest BCUT2D eigenvalue weighted by Crippen LogP contribution is 2.33. The molecular formula is C14H10N4. The fraction of sp³-hybridized carbons (Fsp3) is 0.143. The molecule has 0 aliphatic rings. The minimum atomic E-state index is -1.05. The third kappa shape index (κ3) is 1.92. The Morgan fingerprint density at radius 2 is 1.89 bits per heavy atom. The van der Waals surface area contributed by atoms with E-state index in [4.69, 9.17) is 5.26 Å². The highest BCUT2D eigenvalue weighted by molar-refractivity contribution is 5.43. The second-order valence-electron chi connectivity index (χ2n) is 3.81. The minimum Gasteiger partial charge on any atom is -0.261 e. The number of benzene rings is 1. The van der Waals surface area contributed by atoms with Crippen molar-refractivity contribution in [1.82, 2.24) is 9.97 Å². The zero-order valence-corrected chi connectivity index (χ0v) is 9.61. The van der Waals surface area contributed by atoms with Gasteiger partial charge in [-0.3, -0.25) is 9.97 Å². The Kier molecular flexibility index (Phi) is 3.31. The normalized spacial score (nSPS) is 13.0. The number of rotatable bonds is 3. The molecule has 0 fully saturated rings. The Bertz CT molecular complexity index is 554. The summed E-state index contributed by atoms with van der Waals surface area (Å²) in [4.78, 5) is 8.16. The van der Waals surface area contributed by atoms with Crippen molar-refractivity contribution >= 4 is 0 Å². The molecular weight excluding hydrogens is 224 g/mol. The lowest BCUT2D eigenvalue weighted by atomic mass is 9.76. The summed E-state index contributed by atoms with van der Waals surface area (Å²) in [6.07, 6.45) is 4.66. The van der Waals surface area contributed by atoms with Gasteiger partial charge in [0, 0.05) is 12.4 Å². The van der Waals surface area contributed by atoms with Crippen LogP contribution < -0.4 is 0 Å². The van der Waals surface area contributed by atoms with Crippen molar-refractivity contribution in [2.24, 2.45) is 0 Å². The second-order valence-corrected chi connectivity index (χ2v) is 3.81. The maximum Gasteiger partial charge on any atom is 0.138 e. The van der Waals surface area contributed by atoms with Crippen LogP contribution in [0.5, 0.6) is 0 Å². The molecule has 0 aliphatic heterocycles. The standard InChI is InChI=1S/C14H10N4/c15-7-6-14(11-16,12-4-2-1-3-5-12)13-10-17-8-9-18-13/h1-5,8-10H,6H2. The van der Waals surface area contributed by atoms with Crippen molar-refractivity contribution in [2.75, 3.05) is 0 Å². The number of nitrogens with zero attached hydrogens (tertiary/aromatic N) is 4. The fourth-order valence-electron chi connectivity index (χ4n) is 1.86. The molecule has 0 bridgehead atoms. The van der Waals surface area contributed by atoms with E-state index in [2.05, 4.69) is 22.1 Å². The maximum absolute atomic E-state index is 9.55. The number of hydrogen-bond donors (Lipinski definition) is 0. The molecule has 1 atom stereocenters. The molecule has 2 aromatic rings. The Balaban J connectivity index is 2.63. The number of aromatic nitrogens is 2. The van der Waals surface area contributed by atoms with Crippen LogP contribution >= 0.6 is 0 Å². The summed E-state index contributed by atoms with van der Waals surface area (Å²) in [7, 11) is 0. The first-order valence-corrected chi connectivity index (χ1v) is 5.44. The Hall–Kier alpha value is -2.72. The monoisotopic (exact) mass is 234 g/mol. The van der Waals surface area contributed by atoms with Crippen molar-refractivity contribution in [1.29, 1.82) is 10.5 Å². The Morgan fingerprint density at radius 1 is 1.11 bits per heavy atom. The van der Waals surface area contributed by atoms with Crippen LogP contribution in [-0.4, -0.2) is 9.97 Å². The van der Waals surface area contributed by atoms with E-state index in [1.165, 1.54) is 12.4 Å². The van der Waals surface area contributed by atoms with Crippen LogP contribution in [0.15, 0.2) is 48.9 Å². The van der Waals surface area contributed by atoms with Gasteiger partial charge in [-0.2, -0.15) is 10.5 Å². The molecule has 4 nitrogen and oxygen atoms in total. The van der Waals surface area contributed by atoms with E-state index in [0.717, 1.165) is 5.56 Å². The smallest absolute Gasteiger partial charge is 0.138 e. The first kappa shape index (κ1) is 11.8. The van der Waals surface area contributed by atoms with Gasteiger partial charge < -0.3 is 0 Å². The highest BCUT2D eigenvalue weighted by atomic mass is 14.8. The summed E-state index contributed by atoms with van der Waals surface area (Å²) in [6, 6.07) is 13.5.